The van der Waals surface area contributed by atoms with Crippen molar-refractivity contribution < 1.29 is 9.53 Å². The van der Waals surface area contributed by atoms with Crippen LogP contribution in [0.15, 0.2) is 36.5 Å². The number of carbonyl (C=O) groups excluding carboxylic acids is 1. The molecular formula is C18H24N2O2. The van der Waals surface area contributed by atoms with Crippen molar-refractivity contribution in [1.29, 1.82) is 0 Å². The van der Waals surface area contributed by atoms with Crippen LogP contribution in [0, 0.1) is 0 Å². The van der Waals surface area contributed by atoms with Gasteiger partial charge in [-0.05, 0) is 39.4 Å². The number of nitrogens with zero attached hydrogens (tertiary/aromatic N) is 1. The molecule has 2 rings (SSSR count). The summed E-state index contributed by atoms with van der Waals surface area (Å²) in [5.41, 5.74) is 1.68. The van der Waals surface area contributed by atoms with Crippen LogP contribution in [0.3, 0.4) is 0 Å². The zero-order chi connectivity index (χ0) is 16.2. The lowest BCUT2D eigenvalue weighted by Gasteiger charge is -2.19. The van der Waals surface area contributed by atoms with Crippen LogP contribution in [0.4, 0.5) is 0 Å². The quantitative estimate of drug-likeness (QED) is 0.862. The molecule has 1 heterocycles. The maximum atomic E-state index is 12.1. The summed E-state index contributed by atoms with van der Waals surface area (Å²) in [5.74, 6) is -0.223. The zero-order valence-corrected chi connectivity index (χ0v) is 13.7. The number of fused-ring (bicyclic) bond motifs is 1. The van der Waals surface area contributed by atoms with E-state index in [9.17, 15) is 4.79 Å². The lowest BCUT2D eigenvalue weighted by molar-refractivity contribution is -0.155. The second kappa shape index (κ2) is 6.79. The van der Waals surface area contributed by atoms with Gasteiger partial charge in [0.2, 0.25) is 0 Å². The Labute approximate surface area is 131 Å². The van der Waals surface area contributed by atoms with Gasteiger partial charge in [-0.15, -0.1) is 0 Å². The molecule has 22 heavy (non-hydrogen) atoms. The van der Waals surface area contributed by atoms with E-state index < -0.39 is 5.60 Å². The first-order valence-corrected chi connectivity index (χ1v) is 7.51. The van der Waals surface area contributed by atoms with Crippen molar-refractivity contribution in [1.82, 2.24) is 9.88 Å². The largest absolute Gasteiger partial charge is 0.459 e. The normalized spacial score (nSPS) is 12.2. The van der Waals surface area contributed by atoms with Gasteiger partial charge in [0.25, 0.3) is 0 Å². The molecule has 0 aliphatic heterocycles. The van der Waals surface area contributed by atoms with E-state index in [2.05, 4.69) is 23.5 Å². The standard InChI is InChI=1S/C18H24N2O2/c1-18(2,3)22-17(21)13-20-12-14(8-7-11-19-4)15-9-5-6-10-16(15)20/h5-10,12,19H,11,13H2,1-4H3. The smallest absolute Gasteiger partial charge is 0.326 e. The Hall–Kier alpha value is -2.07. The van der Waals surface area contributed by atoms with Crippen molar-refractivity contribution >= 4 is 22.9 Å². The molecule has 1 aromatic heterocycles. The Kier molecular flexibility index (Phi) is 5.03. The third-order valence-corrected chi connectivity index (χ3v) is 3.16. The highest BCUT2D eigenvalue weighted by Crippen LogP contribution is 2.23. The Morgan fingerprint density at radius 2 is 2.05 bits per heavy atom. The fraction of sp³-hybridized carbons (Fsp3) is 0.389. The third-order valence-electron chi connectivity index (χ3n) is 3.16. The minimum atomic E-state index is -0.463. The monoisotopic (exact) mass is 300 g/mol. The van der Waals surface area contributed by atoms with Gasteiger partial charge in [0.05, 0.1) is 0 Å². The topological polar surface area (TPSA) is 43.3 Å². The summed E-state index contributed by atoms with van der Waals surface area (Å²) < 4.78 is 7.36. The predicted molar refractivity (Wildman–Crippen MR) is 90.7 cm³/mol. The van der Waals surface area contributed by atoms with E-state index in [0.29, 0.717) is 0 Å². The molecular weight excluding hydrogens is 276 g/mol. The number of esters is 1. The second-order valence-corrected chi connectivity index (χ2v) is 6.28. The molecule has 0 saturated heterocycles. The van der Waals surface area contributed by atoms with Crippen molar-refractivity contribution in [2.45, 2.75) is 32.9 Å². The SMILES string of the molecule is CNCC=Cc1cn(CC(=O)OC(C)(C)C)c2ccccc12. The van der Waals surface area contributed by atoms with Gasteiger partial charge >= 0.3 is 5.97 Å². The summed E-state index contributed by atoms with van der Waals surface area (Å²) in [5, 5.41) is 4.22. The number of aromatic nitrogens is 1. The number of carbonyl (C=O) groups is 1. The van der Waals surface area contributed by atoms with Crippen LogP contribution < -0.4 is 5.32 Å². The summed E-state index contributed by atoms with van der Waals surface area (Å²) >= 11 is 0. The first-order chi connectivity index (χ1) is 10.4. The van der Waals surface area contributed by atoms with Gasteiger partial charge in [-0.1, -0.05) is 30.4 Å². The van der Waals surface area contributed by atoms with E-state index >= 15 is 0 Å². The van der Waals surface area contributed by atoms with Crippen LogP contribution in [0.25, 0.3) is 17.0 Å². The van der Waals surface area contributed by atoms with Gasteiger partial charge < -0.3 is 14.6 Å². The Balaban J connectivity index is 2.28. The van der Waals surface area contributed by atoms with Gasteiger partial charge in [-0.3, -0.25) is 4.79 Å². The van der Waals surface area contributed by atoms with Gasteiger partial charge in [0, 0.05) is 23.6 Å². The molecule has 1 N–H and O–H groups in total. The number of benzene rings is 1. The molecule has 0 aliphatic carbocycles. The minimum Gasteiger partial charge on any atom is -0.459 e. The van der Waals surface area contributed by atoms with E-state index in [1.165, 1.54) is 0 Å². The number of hydrogen-bond donors (Lipinski definition) is 1. The number of ether oxygens (including phenoxy) is 1. The number of para-hydroxylation sites is 1. The van der Waals surface area contributed by atoms with Gasteiger partial charge in [-0.25, -0.2) is 0 Å². The van der Waals surface area contributed by atoms with E-state index in [0.717, 1.165) is 23.0 Å². The van der Waals surface area contributed by atoms with Crippen LogP contribution in [0.5, 0.6) is 0 Å². The molecule has 0 spiro atoms. The highest BCUT2D eigenvalue weighted by atomic mass is 16.6. The van der Waals surface area contributed by atoms with Crippen LogP contribution in [0.2, 0.25) is 0 Å². The molecule has 0 saturated carbocycles. The van der Waals surface area contributed by atoms with E-state index in [4.69, 9.17) is 4.74 Å². The average Bonchev–Trinajstić information content (AvgIpc) is 2.76. The number of nitrogens with one attached hydrogen (secondary N) is 1. The zero-order valence-electron chi connectivity index (χ0n) is 13.7. The Bertz CT molecular complexity index is 678. The molecule has 0 aliphatic rings. The van der Waals surface area contributed by atoms with Crippen molar-refractivity contribution in [2.24, 2.45) is 0 Å². The minimum absolute atomic E-state index is 0.220. The molecule has 0 amide bonds. The summed E-state index contributed by atoms with van der Waals surface area (Å²) in [6.45, 7) is 6.67. The molecule has 1 aromatic carbocycles. The third kappa shape index (κ3) is 4.21. The fourth-order valence-electron chi connectivity index (χ4n) is 2.36. The molecule has 0 fully saturated rings. The van der Waals surface area contributed by atoms with Crippen molar-refractivity contribution in [3.63, 3.8) is 0 Å². The summed E-state index contributed by atoms with van der Waals surface area (Å²) in [7, 11) is 1.91. The highest BCUT2D eigenvalue weighted by molar-refractivity contribution is 5.90. The molecule has 4 nitrogen and oxygen atoms in total. The maximum absolute atomic E-state index is 12.1. The van der Waals surface area contributed by atoms with E-state index in [1.54, 1.807) is 0 Å². The lowest BCUT2D eigenvalue weighted by atomic mass is 10.1. The lowest BCUT2D eigenvalue weighted by Crippen LogP contribution is -2.26. The average molecular weight is 300 g/mol. The predicted octanol–water partition coefficient (Wildman–Crippen LogP) is 3.22. The summed E-state index contributed by atoms with van der Waals surface area (Å²) in [4.78, 5) is 12.1. The first-order valence-electron chi connectivity index (χ1n) is 7.51. The first kappa shape index (κ1) is 16.3. The Morgan fingerprint density at radius 1 is 1.32 bits per heavy atom. The summed E-state index contributed by atoms with van der Waals surface area (Å²) in [6, 6.07) is 8.08. The number of rotatable bonds is 5. The van der Waals surface area contributed by atoms with Crippen LogP contribution in [-0.4, -0.2) is 29.7 Å². The van der Waals surface area contributed by atoms with Crippen LogP contribution in [-0.2, 0) is 16.1 Å². The molecule has 0 bridgehead atoms. The summed E-state index contributed by atoms with van der Waals surface area (Å²) in [6.07, 6.45) is 6.14. The van der Waals surface area contributed by atoms with Crippen LogP contribution in [0.1, 0.15) is 26.3 Å². The Morgan fingerprint density at radius 3 is 2.73 bits per heavy atom. The van der Waals surface area contributed by atoms with Crippen molar-refractivity contribution in [2.75, 3.05) is 13.6 Å². The maximum Gasteiger partial charge on any atom is 0.326 e. The second-order valence-electron chi connectivity index (χ2n) is 6.28. The van der Waals surface area contributed by atoms with Gasteiger partial charge in [-0.2, -0.15) is 0 Å². The molecule has 2 aromatic rings. The molecule has 0 unspecified atom stereocenters. The highest BCUT2D eigenvalue weighted by Gasteiger charge is 2.17. The van der Waals surface area contributed by atoms with Gasteiger partial charge in [0.15, 0.2) is 0 Å². The fourth-order valence-corrected chi connectivity index (χ4v) is 2.36. The molecule has 0 atom stereocenters. The van der Waals surface area contributed by atoms with Crippen molar-refractivity contribution in [3.8, 4) is 0 Å². The number of likely N-dealkylation sites (N-methyl/N-ethyl adjacent to an activating group) is 1. The van der Waals surface area contributed by atoms with E-state index in [1.807, 2.05) is 56.8 Å². The van der Waals surface area contributed by atoms with E-state index in [-0.39, 0.29) is 12.5 Å². The molecule has 118 valence electrons. The molecule has 0 radical (unpaired) electrons. The van der Waals surface area contributed by atoms with Gasteiger partial charge in [0.1, 0.15) is 12.1 Å². The van der Waals surface area contributed by atoms with Crippen molar-refractivity contribution in [3.05, 3.63) is 42.1 Å². The van der Waals surface area contributed by atoms with Crippen LogP contribution >= 0.6 is 0 Å². The number of hydrogen-bond acceptors (Lipinski definition) is 3. The molecule has 4 heteroatoms.